The molecule has 4 nitrogen and oxygen atoms in total. The number of aryl methyl sites for hydroxylation is 1. The minimum atomic E-state index is 0.0323. The summed E-state index contributed by atoms with van der Waals surface area (Å²) in [7, 11) is 0. The fourth-order valence-corrected chi connectivity index (χ4v) is 4.23. The fourth-order valence-electron chi connectivity index (χ4n) is 3.76. The molecule has 0 spiro atoms. The number of fused-ring (bicyclic) bond motifs is 1. The zero-order valence-electron chi connectivity index (χ0n) is 15.3. The maximum absolute atomic E-state index is 12.6. The second kappa shape index (κ2) is 7.69. The summed E-state index contributed by atoms with van der Waals surface area (Å²) >= 11 is 3.59. The molecule has 0 bridgehead atoms. The number of nitrogens with zero attached hydrogens (tertiary/aromatic N) is 2. The molecule has 0 radical (unpaired) electrons. The number of piperidine rings is 1. The van der Waals surface area contributed by atoms with E-state index in [4.69, 9.17) is 0 Å². The van der Waals surface area contributed by atoms with Crippen LogP contribution in [-0.4, -0.2) is 30.0 Å². The molecule has 1 amide bonds. The molecular formula is C22H22BrN3O. The molecule has 138 valence electrons. The summed E-state index contributed by atoms with van der Waals surface area (Å²) in [6.45, 7) is 3.82. The van der Waals surface area contributed by atoms with Crippen LogP contribution in [0, 0.1) is 6.92 Å². The van der Waals surface area contributed by atoms with E-state index in [9.17, 15) is 4.79 Å². The van der Waals surface area contributed by atoms with Crippen LogP contribution < -0.4 is 10.2 Å². The molecule has 1 aliphatic heterocycles. The number of aromatic nitrogens is 1. The van der Waals surface area contributed by atoms with E-state index >= 15 is 0 Å². The van der Waals surface area contributed by atoms with Crippen LogP contribution in [-0.2, 0) is 0 Å². The number of benzene rings is 2. The van der Waals surface area contributed by atoms with Gasteiger partial charge in [-0.1, -0.05) is 30.3 Å². The van der Waals surface area contributed by atoms with Crippen molar-refractivity contribution < 1.29 is 4.79 Å². The Hall–Kier alpha value is -2.40. The number of anilines is 1. The number of pyridine rings is 1. The lowest BCUT2D eigenvalue weighted by atomic mass is 10.0. The van der Waals surface area contributed by atoms with E-state index in [1.165, 1.54) is 5.69 Å². The number of hydrogen-bond acceptors (Lipinski definition) is 3. The number of nitrogens with one attached hydrogen (secondary N) is 1. The Labute approximate surface area is 167 Å². The Bertz CT molecular complexity index is 980. The molecule has 3 aromatic rings. The lowest BCUT2D eigenvalue weighted by Crippen LogP contribution is -2.44. The molecular weight excluding hydrogens is 402 g/mol. The summed E-state index contributed by atoms with van der Waals surface area (Å²) in [5.74, 6) is 0.0323. The van der Waals surface area contributed by atoms with Crippen molar-refractivity contribution in [1.82, 2.24) is 10.3 Å². The van der Waals surface area contributed by atoms with Crippen LogP contribution >= 0.6 is 15.9 Å². The molecule has 5 heteroatoms. The van der Waals surface area contributed by atoms with Crippen LogP contribution in [0.4, 0.5) is 5.69 Å². The summed E-state index contributed by atoms with van der Waals surface area (Å²) in [5, 5.41) is 4.37. The Kier molecular flexibility index (Phi) is 5.12. The highest BCUT2D eigenvalue weighted by atomic mass is 79.9. The van der Waals surface area contributed by atoms with Gasteiger partial charge in [0.2, 0.25) is 0 Å². The van der Waals surface area contributed by atoms with E-state index in [0.29, 0.717) is 0 Å². The third-order valence-corrected chi connectivity index (χ3v) is 5.90. The third kappa shape index (κ3) is 3.69. The molecule has 0 aliphatic carbocycles. The Morgan fingerprint density at radius 3 is 2.67 bits per heavy atom. The molecule has 1 N–H and O–H groups in total. The van der Waals surface area contributed by atoms with Crippen molar-refractivity contribution in [2.75, 3.05) is 18.0 Å². The summed E-state index contributed by atoms with van der Waals surface area (Å²) in [4.78, 5) is 19.5. The van der Waals surface area contributed by atoms with Gasteiger partial charge in [0.1, 0.15) is 0 Å². The third-order valence-electron chi connectivity index (χ3n) is 5.26. The highest BCUT2D eigenvalue weighted by Gasteiger charge is 2.23. The first kappa shape index (κ1) is 18.0. The predicted molar refractivity (Wildman–Crippen MR) is 113 cm³/mol. The van der Waals surface area contributed by atoms with Crippen molar-refractivity contribution in [3.8, 4) is 0 Å². The maximum atomic E-state index is 12.6. The van der Waals surface area contributed by atoms with E-state index in [1.54, 1.807) is 0 Å². The van der Waals surface area contributed by atoms with E-state index in [-0.39, 0.29) is 11.9 Å². The van der Waals surface area contributed by atoms with Crippen LogP contribution in [0.3, 0.4) is 0 Å². The van der Waals surface area contributed by atoms with Gasteiger partial charge in [-0.2, -0.15) is 0 Å². The summed E-state index contributed by atoms with van der Waals surface area (Å²) in [6, 6.07) is 16.2. The van der Waals surface area contributed by atoms with Gasteiger partial charge in [0.25, 0.3) is 5.91 Å². The maximum Gasteiger partial charge on any atom is 0.251 e. The van der Waals surface area contributed by atoms with Crippen LogP contribution in [0.2, 0.25) is 0 Å². The number of amides is 1. The number of carbonyl (C=O) groups excluding carboxylic acids is 1. The van der Waals surface area contributed by atoms with E-state index in [0.717, 1.165) is 52.4 Å². The molecule has 1 aliphatic rings. The number of halogens is 1. The van der Waals surface area contributed by atoms with Crippen molar-refractivity contribution >= 4 is 38.4 Å². The largest absolute Gasteiger partial charge is 0.371 e. The molecule has 0 saturated carbocycles. The lowest BCUT2D eigenvalue weighted by molar-refractivity contribution is 0.0930. The Balaban J connectivity index is 1.45. The average Bonchev–Trinajstić information content (AvgIpc) is 2.69. The zero-order valence-corrected chi connectivity index (χ0v) is 16.9. The Morgan fingerprint density at radius 2 is 1.89 bits per heavy atom. The lowest BCUT2D eigenvalue weighted by Gasteiger charge is -2.34. The molecule has 1 saturated heterocycles. The molecule has 0 unspecified atom stereocenters. The van der Waals surface area contributed by atoms with Crippen molar-refractivity contribution in [2.24, 2.45) is 0 Å². The van der Waals surface area contributed by atoms with Gasteiger partial charge in [0.05, 0.1) is 5.52 Å². The number of hydrogen-bond donors (Lipinski definition) is 1. The van der Waals surface area contributed by atoms with Crippen molar-refractivity contribution in [1.29, 1.82) is 0 Å². The highest BCUT2D eigenvalue weighted by molar-refractivity contribution is 9.10. The molecule has 0 atom stereocenters. The van der Waals surface area contributed by atoms with Gasteiger partial charge in [-0.05, 0) is 59.5 Å². The molecule has 4 rings (SSSR count). The molecule has 1 aromatic heterocycles. The number of para-hydroxylation sites is 1. The molecule has 27 heavy (non-hydrogen) atoms. The quantitative estimate of drug-likeness (QED) is 0.663. The second-order valence-corrected chi connectivity index (χ2v) is 7.87. The van der Waals surface area contributed by atoms with Crippen molar-refractivity contribution in [2.45, 2.75) is 25.8 Å². The standard InChI is InChI=1S/C22H22BrN3O/c1-15-5-2-3-6-17(15)22(27)25-16-10-13-26(14-11-16)20-9-12-24-21-18(20)7-4-8-19(21)23/h2-9,12,16H,10-11,13-14H2,1H3,(H,25,27). The first-order valence-electron chi connectivity index (χ1n) is 9.28. The van der Waals surface area contributed by atoms with Gasteiger partial charge in [0, 0.05) is 46.4 Å². The minimum Gasteiger partial charge on any atom is -0.371 e. The van der Waals surface area contributed by atoms with Gasteiger partial charge in [0.15, 0.2) is 0 Å². The van der Waals surface area contributed by atoms with E-state index in [2.05, 4.69) is 43.3 Å². The van der Waals surface area contributed by atoms with Crippen LogP contribution in [0.1, 0.15) is 28.8 Å². The van der Waals surface area contributed by atoms with Crippen molar-refractivity contribution in [3.05, 3.63) is 70.3 Å². The first-order chi connectivity index (χ1) is 13.1. The summed E-state index contributed by atoms with van der Waals surface area (Å²) in [5.41, 5.74) is 3.99. The van der Waals surface area contributed by atoms with Gasteiger partial charge in [-0.25, -0.2) is 0 Å². The van der Waals surface area contributed by atoms with E-state index in [1.807, 2.05) is 49.5 Å². The van der Waals surface area contributed by atoms with Gasteiger partial charge < -0.3 is 10.2 Å². The normalized spacial score (nSPS) is 15.1. The van der Waals surface area contributed by atoms with Crippen LogP contribution in [0.25, 0.3) is 10.9 Å². The Morgan fingerprint density at radius 1 is 1.11 bits per heavy atom. The number of rotatable bonds is 3. The monoisotopic (exact) mass is 423 g/mol. The highest BCUT2D eigenvalue weighted by Crippen LogP contribution is 2.31. The molecule has 2 aromatic carbocycles. The van der Waals surface area contributed by atoms with E-state index < -0.39 is 0 Å². The van der Waals surface area contributed by atoms with Gasteiger partial charge in [-0.3, -0.25) is 9.78 Å². The molecule has 2 heterocycles. The first-order valence-corrected chi connectivity index (χ1v) is 10.1. The SMILES string of the molecule is Cc1ccccc1C(=O)NC1CCN(c2ccnc3c(Br)cccc23)CC1. The summed E-state index contributed by atoms with van der Waals surface area (Å²) in [6.07, 6.45) is 3.75. The molecule has 1 fully saturated rings. The van der Waals surface area contributed by atoms with Crippen LogP contribution in [0.5, 0.6) is 0 Å². The predicted octanol–water partition coefficient (Wildman–Crippen LogP) is 4.70. The minimum absolute atomic E-state index is 0.0323. The van der Waals surface area contributed by atoms with Crippen LogP contribution in [0.15, 0.2) is 59.2 Å². The van der Waals surface area contributed by atoms with Gasteiger partial charge >= 0.3 is 0 Å². The van der Waals surface area contributed by atoms with Gasteiger partial charge in [-0.15, -0.1) is 0 Å². The average molecular weight is 424 g/mol. The fraction of sp³-hybridized carbons (Fsp3) is 0.273. The topological polar surface area (TPSA) is 45.2 Å². The zero-order chi connectivity index (χ0) is 18.8. The summed E-state index contributed by atoms with van der Waals surface area (Å²) < 4.78 is 1.02. The smallest absolute Gasteiger partial charge is 0.251 e. The number of carbonyl (C=O) groups is 1. The second-order valence-electron chi connectivity index (χ2n) is 7.02. The van der Waals surface area contributed by atoms with Crippen molar-refractivity contribution in [3.63, 3.8) is 0 Å².